The van der Waals surface area contributed by atoms with Crippen molar-refractivity contribution in [2.45, 2.75) is 19.8 Å². The van der Waals surface area contributed by atoms with Crippen molar-refractivity contribution in [1.82, 2.24) is 0 Å². The molecule has 0 aliphatic carbocycles. The van der Waals surface area contributed by atoms with Gasteiger partial charge in [-0.25, -0.2) is 0 Å². The minimum Gasteiger partial charge on any atom is -0.502 e. The zero-order valence-electron chi connectivity index (χ0n) is 13.0. The highest BCUT2D eigenvalue weighted by Crippen LogP contribution is 2.21. The van der Waals surface area contributed by atoms with Gasteiger partial charge < -0.3 is 9.52 Å². The van der Waals surface area contributed by atoms with Crippen LogP contribution in [0, 0.1) is 6.92 Å². The summed E-state index contributed by atoms with van der Waals surface area (Å²) in [7, 11) is 0. The van der Waals surface area contributed by atoms with Crippen molar-refractivity contribution in [3.63, 3.8) is 0 Å². The molecule has 3 aromatic rings. The van der Waals surface area contributed by atoms with Crippen LogP contribution in [0.25, 0.3) is 11.1 Å². The molecule has 0 saturated carbocycles. The second-order valence-corrected chi connectivity index (χ2v) is 5.56. The molecular formula is C20H18O3. The molecule has 0 amide bonds. The number of aryl methyl sites for hydroxylation is 3. The lowest BCUT2D eigenvalue weighted by Gasteiger charge is -2.06. The third-order valence-corrected chi connectivity index (χ3v) is 3.82. The third-order valence-electron chi connectivity index (χ3n) is 3.82. The van der Waals surface area contributed by atoms with E-state index in [0.29, 0.717) is 24.4 Å². The SMILES string of the molecule is Cc1cc(=O)c(O)c(CCc2ccc(-c3ccccc3)cc2)o1. The molecule has 0 bridgehead atoms. The molecule has 0 radical (unpaired) electrons. The zero-order valence-corrected chi connectivity index (χ0v) is 13.0. The molecule has 3 heteroatoms. The van der Waals surface area contributed by atoms with Crippen molar-refractivity contribution in [1.29, 1.82) is 0 Å². The van der Waals surface area contributed by atoms with Gasteiger partial charge in [-0.2, -0.15) is 0 Å². The molecule has 0 spiro atoms. The average molecular weight is 306 g/mol. The normalized spacial score (nSPS) is 10.7. The first kappa shape index (κ1) is 15.1. The maximum atomic E-state index is 11.6. The van der Waals surface area contributed by atoms with Crippen LogP contribution in [0.5, 0.6) is 5.75 Å². The summed E-state index contributed by atoms with van der Waals surface area (Å²) in [6.45, 7) is 1.71. The molecule has 3 nitrogen and oxygen atoms in total. The highest BCUT2D eigenvalue weighted by Gasteiger charge is 2.09. The molecule has 3 rings (SSSR count). The van der Waals surface area contributed by atoms with Gasteiger partial charge in [0.15, 0.2) is 0 Å². The van der Waals surface area contributed by atoms with Crippen LogP contribution < -0.4 is 5.43 Å². The van der Waals surface area contributed by atoms with Crippen LogP contribution in [-0.4, -0.2) is 5.11 Å². The summed E-state index contributed by atoms with van der Waals surface area (Å²) in [5, 5.41) is 9.79. The first-order chi connectivity index (χ1) is 11.1. The molecule has 0 aliphatic rings. The molecule has 23 heavy (non-hydrogen) atoms. The second-order valence-electron chi connectivity index (χ2n) is 5.56. The van der Waals surface area contributed by atoms with Crippen molar-refractivity contribution in [2.24, 2.45) is 0 Å². The predicted molar refractivity (Wildman–Crippen MR) is 90.7 cm³/mol. The molecule has 0 saturated heterocycles. The van der Waals surface area contributed by atoms with E-state index in [2.05, 4.69) is 36.4 Å². The third kappa shape index (κ3) is 3.51. The molecular weight excluding hydrogens is 288 g/mol. The molecule has 1 heterocycles. The summed E-state index contributed by atoms with van der Waals surface area (Å²) >= 11 is 0. The minimum absolute atomic E-state index is 0.281. The second kappa shape index (κ2) is 6.53. The Kier molecular flexibility index (Phi) is 4.29. The summed E-state index contributed by atoms with van der Waals surface area (Å²) in [4.78, 5) is 11.6. The van der Waals surface area contributed by atoms with E-state index in [1.165, 1.54) is 17.2 Å². The first-order valence-electron chi connectivity index (χ1n) is 7.60. The van der Waals surface area contributed by atoms with Crippen LogP contribution in [0.3, 0.4) is 0 Å². The fraction of sp³-hybridized carbons (Fsp3) is 0.150. The van der Waals surface area contributed by atoms with Crippen molar-refractivity contribution >= 4 is 0 Å². The van der Waals surface area contributed by atoms with Crippen LogP contribution in [0.4, 0.5) is 0 Å². The van der Waals surface area contributed by atoms with E-state index < -0.39 is 0 Å². The summed E-state index contributed by atoms with van der Waals surface area (Å²) < 4.78 is 5.45. The van der Waals surface area contributed by atoms with Gasteiger partial charge in [-0.05, 0) is 30.0 Å². The van der Waals surface area contributed by atoms with E-state index in [9.17, 15) is 9.90 Å². The Morgan fingerprint density at radius 2 is 1.57 bits per heavy atom. The van der Waals surface area contributed by atoms with Gasteiger partial charge in [0.2, 0.25) is 11.2 Å². The van der Waals surface area contributed by atoms with Crippen LogP contribution in [0.1, 0.15) is 17.1 Å². The monoisotopic (exact) mass is 306 g/mol. The van der Waals surface area contributed by atoms with Gasteiger partial charge in [0.05, 0.1) is 0 Å². The maximum Gasteiger partial charge on any atom is 0.227 e. The van der Waals surface area contributed by atoms with Gasteiger partial charge in [-0.3, -0.25) is 4.79 Å². The molecule has 0 unspecified atom stereocenters. The van der Waals surface area contributed by atoms with Crippen LogP contribution in [0.15, 0.2) is 69.9 Å². The number of aromatic hydroxyl groups is 1. The van der Waals surface area contributed by atoms with Crippen LogP contribution >= 0.6 is 0 Å². The Balaban J connectivity index is 1.74. The van der Waals surface area contributed by atoms with Crippen molar-refractivity contribution in [3.8, 4) is 16.9 Å². The topological polar surface area (TPSA) is 50.4 Å². The fourth-order valence-electron chi connectivity index (χ4n) is 2.58. The Morgan fingerprint density at radius 1 is 0.913 bits per heavy atom. The smallest absolute Gasteiger partial charge is 0.227 e. The highest BCUT2D eigenvalue weighted by atomic mass is 16.4. The van der Waals surface area contributed by atoms with Crippen LogP contribution in [-0.2, 0) is 12.8 Å². The van der Waals surface area contributed by atoms with Crippen molar-refractivity contribution in [2.75, 3.05) is 0 Å². The first-order valence-corrected chi connectivity index (χ1v) is 7.60. The number of hydrogen-bond donors (Lipinski definition) is 1. The lowest BCUT2D eigenvalue weighted by molar-refractivity contribution is 0.388. The van der Waals surface area contributed by atoms with E-state index in [1.54, 1.807) is 6.92 Å². The minimum atomic E-state index is -0.386. The Labute approximate surface area is 134 Å². The van der Waals surface area contributed by atoms with Gasteiger partial charge in [0, 0.05) is 12.5 Å². The largest absolute Gasteiger partial charge is 0.502 e. The quantitative estimate of drug-likeness (QED) is 0.789. The Morgan fingerprint density at radius 3 is 2.26 bits per heavy atom. The van der Waals surface area contributed by atoms with Gasteiger partial charge in [-0.1, -0.05) is 54.6 Å². The van der Waals surface area contributed by atoms with E-state index in [4.69, 9.17) is 4.42 Å². The van der Waals surface area contributed by atoms with Gasteiger partial charge >= 0.3 is 0 Å². The van der Waals surface area contributed by atoms with Crippen molar-refractivity contribution < 1.29 is 9.52 Å². The summed E-state index contributed by atoms with van der Waals surface area (Å²) in [5.74, 6) is 0.584. The molecule has 0 aliphatic heterocycles. The van der Waals surface area contributed by atoms with Gasteiger partial charge in [0.1, 0.15) is 11.5 Å². The average Bonchev–Trinajstić information content (AvgIpc) is 2.58. The summed E-state index contributed by atoms with van der Waals surface area (Å²) in [6, 6.07) is 19.8. The van der Waals surface area contributed by atoms with Gasteiger partial charge in [0.25, 0.3) is 0 Å². The molecule has 116 valence electrons. The van der Waals surface area contributed by atoms with Crippen LogP contribution in [0.2, 0.25) is 0 Å². The summed E-state index contributed by atoms with van der Waals surface area (Å²) in [6.07, 6.45) is 1.20. The summed E-state index contributed by atoms with van der Waals surface area (Å²) in [5.41, 5.74) is 3.09. The number of rotatable bonds is 4. The fourth-order valence-corrected chi connectivity index (χ4v) is 2.58. The van der Waals surface area contributed by atoms with E-state index in [0.717, 1.165) is 5.56 Å². The Hall–Kier alpha value is -2.81. The van der Waals surface area contributed by atoms with E-state index in [1.807, 2.05) is 18.2 Å². The molecule has 0 fully saturated rings. The number of benzene rings is 2. The lowest BCUT2D eigenvalue weighted by Crippen LogP contribution is -2.04. The standard InChI is InChI=1S/C20H18O3/c1-14-13-18(21)20(22)19(23-14)12-9-15-7-10-17(11-8-15)16-5-3-2-4-6-16/h2-8,10-11,13,22H,9,12H2,1H3. The van der Waals surface area contributed by atoms with E-state index >= 15 is 0 Å². The predicted octanol–water partition coefficient (Wildman–Crippen LogP) is 4.11. The lowest BCUT2D eigenvalue weighted by atomic mass is 10.0. The Bertz CT molecular complexity index is 846. The zero-order chi connectivity index (χ0) is 16.2. The highest BCUT2D eigenvalue weighted by molar-refractivity contribution is 5.63. The molecule has 1 aromatic heterocycles. The molecule has 0 atom stereocenters. The maximum absolute atomic E-state index is 11.6. The number of hydrogen-bond acceptors (Lipinski definition) is 3. The van der Waals surface area contributed by atoms with E-state index in [-0.39, 0.29) is 11.2 Å². The van der Waals surface area contributed by atoms with Crippen molar-refractivity contribution in [3.05, 3.63) is 88.0 Å². The van der Waals surface area contributed by atoms with Gasteiger partial charge in [-0.15, -0.1) is 0 Å². The molecule has 1 N–H and O–H groups in total. The molecule has 2 aromatic carbocycles.